The highest BCUT2D eigenvalue weighted by Gasteiger charge is 2.31. The number of carbonyl (C=O) groups is 2. The summed E-state index contributed by atoms with van der Waals surface area (Å²) in [4.78, 5) is 29.2. The smallest absolute Gasteiger partial charge is 0.223 e. The van der Waals surface area contributed by atoms with Crippen LogP contribution in [0.1, 0.15) is 43.5 Å². The van der Waals surface area contributed by atoms with Crippen molar-refractivity contribution in [2.24, 2.45) is 0 Å². The fourth-order valence-electron chi connectivity index (χ4n) is 3.59. The summed E-state index contributed by atoms with van der Waals surface area (Å²) in [6, 6.07) is 7.59. The lowest BCUT2D eigenvalue weighted by Crippen LogP contribution is -2.58. The zero-order valence-corrected chi connectivity index (χ0v) is 16.7. The third kappa shape index (κ3) is 5.53. The molecule has 0 aromatic heterocycles. The molecule has 5 nitrogen and oxygen atoms in total. The van der Waals surface area contributed by atoms with Crippen LogP contribution in [0.4, 0.5) is 0 Å². The topological polar surface area (TPSA) is 49.9 Å². The minimum atomic E-state index is -0.0803. The molecule has 2 unspecified atom stereocenters. The SMILES string of the molecule is COCCCN1C(C)CN(C(=O)CCC(=O)c2ccccc2Cl)CC1C. The monoisotopic (exact) mass is 380 g/mol. The van der Waals surface area contributed by atoms with E-state index < -0.39 is 0 Å². The molecule has 2 atom stereocenters. The largest absolute Gasteiger partial charge is 0.385 e. The van der Waals surface area contributed by atoms with Crippen molar-refractivity contribution >= 4 is 23.3 Å². The zero-order valence-electron chi connectivity index (χ0n) is 15.9. The molecule has 1 aromatic rings. The average molecular weight is 381 g/mol. The first-order chi connectivity index (χ1) is 12.4. The number of nitrogens with zero attached hydrogens (tertiary/aromatic N) is 2. The minimum absolute atomic E-state index is 0.0423. The predicted molar refractivity (Wildman–Crippen MR) is 104 cm³/mol. The minimum Gasteiger partial charge on any atom is -0.385 e. The molecule has 144 valence electrons. The number of carbonyl (C=O) groups excluding carboxylic acids is 2. The molecule has 0 saturated carbocycles. The number of piperazine rings is 1. The Morgan fingerprint density at radius 1 is 1.15 bits per heavy atom. The van der Waals surface area contributed by atoms with E-state index in [1.54, 1.807) is 31.4 Å². The Hall–Kier alpha value is -1.43. The predicted octanol–water partition coefficient (Wildman–Crippen LogP) is 3.26. The van der Waals surface area contributed by atoms with Crippen LogP contribution in [0.3, 0.4) is 0 Å². The summed E-state index contributed by atoms with van der Waals surface area (Å²) in [5, 5.41) is 0.442. The summed E-state index contributed by atoms with van der Waals surface area (Å²) in [5.41, 5.74) is 0.492. The normalized spacial score (nSPS) is 21.0. The number of Topliss-reactive ketones (excluding diaryl/α,β-unsaturated/α-hetero) is 1. The van der Waals surface area contributed by atoms with Crippen molar-refractivity contribution in [2.75, 3.05) is 33.4 Å². The van der Waals surface area contributed by atoms with Crippen molar-refractivity contribution in [3.8, 4) is 0 Å². The van der Waals surface area contributed by atoms with Crippen LogP contribution in [0, 0.1) is 0 Å². The lowest BCUT2D eigenvalue weighted by atomic mass is 10.0. The van der Waals surface area contributed by atoms with E-state index >= 15 is 0 Å². The number of methoxy groups -OCH3 is 1. The van der Waals surface area contributed by atoms with E-state index in [2.05, 4.69) is 18.7 Å². The molecule has 1 aromatic carbocycles. The van der Waals surface area contributed by atoms with Crippen molar-refractivity contribution < 1.29 is 14.3 Å². The molecular formula is C20H29ClN2O3. The maximum absolute atomic E-state index is 12.6. The number of ketones is 1. The van der Waals surface area contributed by atoms with Gasteiger partial charge in [0.05, 0.1) is 5.02 Å². The molecule has 0 bridgehead atoms. The number of benzene rings is 1. The number of hydrogen-bond acceptors (Lipinski definition) is 4. The lowest BCUT2D eigenvalue weighted by molar-refractivity contribution is -0.135. The van der Waals surface area contributed by atoms with Gasteiger partial charge in [-0.05, 0) is 32.4 Å². The van der Waals surface area contributed by atoms with Gasteiger partial charge in [-0.2, -0.15) is 0 Å². The molecule has 1 fully saturated rings. The van der Waals surface area contributed by atoms with Crippen LogP contribution in [0.5, 0.6) is 0 Å². The Morgan fingerprint density at radius 2 is 1.81 bits per heavy atom. The Labute approximate surface area is 161 Å². The van der Waals surface area contributed by atoms with Crippen LogP contribution >= 0.6 is 11.6 Å². The fourth-order valence-corrected chi connectivity index (χ4v) is 3.83. The van der Waals surface area contributed by atoms with Gasteiger partial charge in [0.25, 0.3) is 0 Å². The van der Waals surface area contributed by atoms with Gasteiger partial charge in [-0.25, -0.2) is 0 Å². The van der Waals surface area contributed by atoms with Gasteiger partial charge in [0.2, 0.25) is 5.91 Å². The summed E-state index contributed by atoms with van der Waals surface area (Å²) < 4.78 is 5.13. The van der Waals surface area contributed by atoms with Crippen LogP contribution in [0.2, 0.25) is 5.02 Å². The number of hydrogen-bond donors (Lipinski definition) is 0. The van der Waals surface area contributed by atoms with E-state index in [9.17, 15) is 9.59 Å². The number of halogens is 1. The maximum atomic E-state index is 12.6. The van der Waals surface area contributed by atoms with Gasteiger partial charge in [0.15, 0.2) is 5.78 Å². The van der Waals surface area contributed by atoms with E-state index in [4.69, 9.17) is 16.3 Å². The second-order valence-corrected chi connectivity index (χ2v) is 7.39. The van der Waals surface area contributed by atoms with Crippen molar-refractivity contribution in [3.05, 3.63) is 34.9 Å². The van der Waals surface area contributed by atoms with Crippen molar-refractivity contribution in [2.45, 2.75) is 45.2 Å². The summed E-state index contributed by atoms with van der Waals surface area (Å²) in [6.45, 7) is 7.44. The molecule has 1 heterocycles. The van der Waals surface area contributed by atoms with Crippen LogP contribution in [-0.2, 0) is 9.53 Å². The average Bonchev–Trinajstić information content (AvgIpc) is 2.62. The molecule has 26 heavy (non-hydrogen) atoms. The number of ether oxygens (including phenoxy) is 1. The van der Waals surface area contributed by atoms with Crippen molar-refractivity contribution in [3.63, 3.8) is 0 Å². The first-order valence-electron chi connectivity index (χ1n) is 9.24. The van der Waals surface area contributed by atoms with Gasteiger partial charge < -0.3 is 9.64 Å². The van der Waals surface area contributed by atoms with Gasteiger partial charge >= 0.3 is 0 Å². The fraction of sp³-hybridized carbons (Fsp3) is 0.600. The summed E-state index contributed by atoms with van der Waals surface area (Å²) in [7, 11) is 1.72. The molecule has 0 spiro atoms. The molecule has 2 rings (SSSR count). The van der Waals surface area contributed by atoms with Crippen LogP contribution in [0.15, 0.2) is 24.3 Å². The van der Waals surface area contributed by atoms with Gasteiger partial charge in [0, 0.05) is 63.8 Å². The number of rotatable bonds is 8. The maximum Gasteiger partial charge on any atom is 0.223 e. The Morgan fingerprint density at radius 3 is 2.42 bits per heavy atom. The zero-order chi connectivity index (χ0) is 19.1. The summed E-state index contributed by atoms with van der Waals surface area (Å²) in [6.07, 6.45) is 1.41. The second-order valence-electron chi connectivity index (χ2n) is 6.98. The van der Waals surface area contributed by atoms with Gasteiger partial charge in [-0.15, -0.1) is 0 Å². The molecule has 0 N–H and O–H groups in total. The van der Waals surface area contributed by atoms with Gasteiger partial charge in [0.1, 0.15) is 0 Å². The number of amides is 1. The van der Waals surface area contributed by atoms with Crippen LogP contribution in [-0.4, -0.2) is 66.9 Å². The molecule has 1 aliphatic rings. The van der Waals surface area contributed by atoms with Crippen LogP contribution in [0.25, 0.3) is 0 Å². The van der Waals surface area contributed by atoms with E-state index in [1.807, 2.05) is 4.90 Å². The third-order valence-electron chi connectivity index (χ3n) is 4.96. The quantitative estimate of drug-likeness (QED) is 0.513. The third-order valence-corrected chi connectivity index (χ3v) is 5.29. The standard InChI is InChI=1S/C20H29ClN2O3/c1-15-13-22(14-16(2)23(15)11-6-12-26-3)20(25)10-9-19(24)17-7-4-5-8-18(17)21/h4-5,7-8,15-16H,6,9-14H2,1-3H3. The second kappa shape index (κ2) is 10.0. The van der Waals surface area contributed by atoms with E-state index in [1.165, 1.54) is 0 Å². The summed E-state index contributed by atoms with van der Waals surface area (Å²) in [5.74, 6) is -0.0381. The lowest BCUT2D eigenvalue weighted by Gasteiger charge is -2.44. The highest BCUT2D eigenvalue weighted by Crippen LogP contribution is 2.20. The van der Waals surface area contributed by atoms with Gasteiger partial charge in [-0.3, -0.25) is 14.5 Å². The first kappa shape index (κ1) is 20.9. The highest BCUT2D eigenvalue weighted by atomic mass is 35.5. The van der Waals surface area contributed by atoms with Crippen molar-refractivity contribution in [1.29, 1.82) is 0 Å². The Kier molecular flexibility index (Phi) is 8.07. The first-order valence-corrected chi connectivity index (χ1v) is 9.62. The molecule has 1 amide bonds. The van der Waals surface area contributed by atoms with Crippen molar-refractivity contribution in [1.82, 2.24) is 9.80 Å². The Bertz CT molecular complexity index is 611. The molecule has 0 radical (unpaired) electrons. The van der Waals surface area contributed by atoms with E-state index in [0.29, 0.717) is 35.8 Å². The molecule has 1 aliphatic heterocycles. The molecular weight excluding hydrogens is 352 g/mol. The van der Waals surface area contributed by atoms with E-state index in [0.717, 1.165) is 19.6 Å². The molecule has 6 heteroatoms. The van der Waals surface area contributed by atoms with Crippen LogP contribution < -0.4 is 0 Å². The van der Waals surface area contributed by atoms with E-state index in [-0.39, 0.29) is 24.5 Å². The molecule has 0 aliphatic carbocycles. The summed E-state index contributed by atoms with van der Waals surface area (Å²) >= 11 is 6.06. The molecule has 1 saturated heterocycles. The highest BCUT2D eigenvalue weighted by molar-refractivity contribution is 6.34. The van der Waals surface area contributed by atoms with Gasteiger partial charge in [-0.1, -0.05) is 23.7 Å². The Balaban J connectivity index is 1.85.